The van der Waals surface area contributed by atoms with E-state index in [2.05, 4.69) is 9.97 Å². The van der Waals surface area contributed by atoms with Gasteiger partial charge >= 0.3 is 0 Å². The van der Waals surface area contributed by atoms with E-state index >= 15 is 0 Å². The smallest absolute Gasteiger partial charge is 0.220 e. The van der Waals surface area contributed by atoms with Crippen molar-refractivity contribution >= 4 is 17.3 Å². The summed E-state index contributed by atoms with van der Waals surface area (Å²) in [5, 5.41) is 1.85. The number of hydrogen-bond acceptors (Lipinski definition) is 4. The fraction of sp³-hybridized carbons (Fsp3) is 0. The van der Waals surface area contributed by atoms with Gasteiger partial charge in [-0.3, -0.25) is 0 Å². The molecule has 0 aliphatic carbocycles. The molecule has 2 aromatic rings. The average molecular weight is 195 g/mol. The van der Waals surface area contributed by atoms with Crippen molar-refractivity contribution in [2.24, 2.45) is 0 Å². The maximum Gasteiger partial charge on any atom is 0.220 e. The molecule has 2 aromatic heterocycles. The molecule has 0 amide bonds. The number of nitrogens with zero attached hydrogens (tertiary/aromatic N) is 2. The third-order valence-corrected chi connectivity index (χ3v) is 2.39. The van der Waals surface area contributed by atoms with E-state index in [1.54, 1.807) is 6.07 Å². The van der Waals surface area contributed by atoms with Crippen LogP contribution in [0.4, 0.5) is 10.3 Å². The van der Waals surface area contributed by atoms with Gasteiger partial charge < -0.3 is 5.73 Å². The number of nitrogens with two attached hydrogens (primary N) is 1. The van der Waals surface area contributed by atoms with Crippen LogP contribution in [0, 0.1) is 5.82 Å². The molecule has 0 spiro atoms. The summed E-state index contributed by atoms with van der Waals surface area (Å²) in [6, 6.07) is 3.62. The third-order valence-electron chi connectivity index (χ3n) is 1.52. The lowest BCUT2D eigenvalue weighted by molar-refractivity contribution is 0.619. The van der Waals surface area contributed by atoms with Gasteiger partial charge in [-0.05, 0) is 11.4 Å². The van der Waals surface area contributed by atoms with Gasteiger partial charge in [0.05, 0.1) is 11.1 Å². The van der Waals surface area contributed by atoms with Crippen molar-refractivity contribution in [3.05, 3.63) is 29.5 Å². The zero-order valence-electron chi connectivity index (χ0n) is 6.57. The lowest BCUT2D eigenvalue weighted by atomic mass is 10.3. The summed E-state index contributed by atoms with van der Waals surface area (Å²) in [4.78, 5) is 8.12. The largest absolute Gasteiger partial charge is 0.368 e. The number of aromatic nitrogens is 2. The third kappa shape index (κ3) is 1.50. The SMILES string of the molecule is Nc1ncc(F)c(-c2cccs2)n1. The first-order valence-corrected chi connectivity index (χ1v) is 4.47. The van der Waals surface area contributed by atoms with E-state index in [0.717, 1.165) is 11.1 Å². The maximum atomic E-state index is 13.2. The van der Waals surface area contributed by atoms with Crippen LogP contribution in [-0.4, -0.2) is 9.97 Å². The fourth-order valence-corrected chi connectivity index (χ4v) is 1.68. The van der Waals surface area contributed by atoms with Gasteiger partial charge in [0.15, 0.2) is 5.82 Å². The van der Waals surface area contributed by atoms with Gasteiger partial charge in [-0.2, -0.15) is 0 Å². The number of rotatable bonds is 1. The lowest BCUT2D eigenvalue weighted by Crippen LogP contribution is -1.97. The number of halogens is 1. The molecular weight excluding hydrogens is 189 g/mol. The van der Waals surface area contributed by atoms with Crippen LogP contribution < -0.4 is 5.73 Å². The summed E-state index contributed by atoms with van der Waals surface area (Å²) in [6.07, 6.45) is 1.08. The Balaban J connectivity index is 2.57. The zero-order valence-corrected chi connectivity index (χ0v) is 7.38. The van der Waals surface area contributed by atoms with Crippen LogP contribution in [0.1, 0.15) is 0 Å². The van der Waals surface area contributed by atoms with Crippen molar-refractivity contribution in [1.82, 2.24) is 9.97 Å². The first-order chi connectivity index (χ1) is 6.27. The average Bonchev–Trinajstić information content (AvgIpc) is 2.61. The highest BCUT2D eigenvalue weighted by atomic mass is 32.1. The number of hydrogen-bond donors (Lipinski definition) is 1. The molecular formula is C8H6FN3S. The van der Waals surface area contributed by atoms with Gasteiger partial charge in [-0.15, -0.1) is 11.3 Å². The molecule has 13 heavy (non-hydrogen) atoms. The minimum Gasteiger partial charge on any atom is -0.368 e. The van der Waals surface area contributed by atoms with E-state index in [0.29, 0.717) is 0 Å². The van der Waals surface area contributed by atoms with Gasteiger partial charge in [-0.25, -0.2) is 14.4 Å². The van der Waals surface area contributed by atoms with Crippen molar-refractivity contribution in [2.75, 3.05) is 5.73 Å². The summed E-state index contributed by atoms with van der Waals surface area (Å²) in [7, 11) is 0. The molecule has 2 rings (SSSR count). The molecule has 0 unspecified atom stereocenters. The molecule has 0 aliphatic rings. The van der Waals surface area contributed by atoms with E-state index in [1.807, 2.05) is 11.4 Å². The maximum absolute atomic E-state index is 13.2. The highest BCUT2D eigenvalue weighted by Crippen LogP contribution is 2.24. The van der Waals surface area contributed by atoms with E-state index in [1.165, 1.54) is 11.3 Å². The monoisotopic (exact) mass is 195 g/mol. The molecule has 0 aliphatic heterocycles. The van der Waals surface area contributed by atoms with E-state index in [9.17, 15) is 4.39 Å². The summed E-state index contributed by atoms with van der Waals surface area (Å²) in [5.74, 6) is -0.360. The molecule has 0 atom stereocenters. The van der Waals surface area contributed by atoms with Crippen molar-refractivity contribution in [3.63, 3.8) is 0 Å². The van der Waals surface area contributed by atoms with Crippen molar-refractivity contribution in [2.45, 2.75) is 0 Å². The lowest BCUT2D eigenvalue weighted by Gasteiger charge is -1.98. The van der Waals surface area contributed by atoms with Crippen molar-refractivity contribution in [3.8, 4) is 10.6 Å². The predicted molar refractivity (Wildman–Crippen MR) is 49.7 cm³/mol. The summed E-state index contributed by atoms with van der Waals surface area (Å²) in [6.45, 7) is 0. The van der Waals surface area contributed by atoms with Crippen LogP contribution >= 0.6 is 11.3 Å². The fourth-order valence-electron chi connectivity index (χ4n) is 0.967. The first kappa shape index (κ1) is 8.12. The minimum atomic E-state index is -0.448. The quantitative estimate of drug-likeness (QED) is 0.756. The van der Waals surface area contributed by atoms with Gasteiger partial charge in [0, 0.05) is 0 Å². The molecule has 0 fully saturated rings. The highest BCUT2D eigenvalue weighted by Gasteiger charge is 2.08. The molecule has 0 saturated carbocycles. The molecule has 2 N–H and O–H groups in total. The van der Waals surface area contributed by atoms with Crippen LogP contribution in [0.2, 0.25) is 0 Å². The normalized spacial score (nSPS) is 10.2. The van der Waals surface area contributed by atoms with E-state index < -0.39 is 5.82 Å². The molecule has 2 heterocycles. The molecule has 5 heteroatoms. The Hall–Kier alpha value is -1.49. The van der Waals surface area contributed by atoms with Gasteiger partial charge in [0.2, 0.25) is 5.95 Å². The summed E-state index contributed by atoms with van der Waals surface area (Å²) in [5.41, 5.74) is 5.62. The first-order valence-electron chi connectivity index (χ1n) is 3.59. The Kier molecular flexibility index (Phi) is 1.94. The summed E-state index contributed by atoms with van der Waals surface area (Å²) >= 11 is 1.41. The van der Waals surface area contributed by atoms with Gasteiger partial charge in [-0.1, -0.05) is 6.07 Å². The molecule has 3 nitrogen and oxygen atoms in total. The minimum absolute atomic E-state index is 0.0878. The second kappa shape index (κ2) is 3.10. The van der Waals surface area contributed by atoms with Crippen LogP contribution in [0.15, 0.2) is 23.7 Å². The number of thiophene rings is 1. The predicted octanol–water partition coefficient (Wildman–Crippen LogP) is 1.93. The highest BCUT2D eigenvalue weighted by molar-refractivity contribution is 7.13. The van der Waals surface area contributed by atoms with Crippen LogP contribution in [0.5, 0.6) is 0 Å². The second-order valence-corrected chi connectivity index (χ2v) is 3.35. The number of anilines is 1. The second-order valence-electron chi connectivity index (χ2n) is 2.40. The van der Waals surface area contributed by atoms with Crippen LogP contribution in [-0.2, 0) is 0 Å². The Labute approximate surface area is 78.1 Å². The van der Waals surface area contributed by atoms with E-state index in [4.69, 9.17) is 5.73 Å². The Morgan fingerprint density at radius 2 is 2.31 bits per heavy atom. The Bertz CT molecular complexity index is 413. The van der Waals surface area contributed by atoms with Crippen LogP contribution in [0.25, 0.3) is 10.6 Å². The number of nitrogen functional groups attached to an aromatic ring is 1. The Morgan fingerprint density at radius 1 is 1.46 bits per heavy atom. The van der Waals surface area contributed by atoms with Gasteiger partial charge in [0.25, 0.3) is 0 Å². The van der Waals surface area contributed by atoms with Crippen molar-refractivity contribution < 1.29 is 4.39 Å². The standard InChI is InChI=1S/C8H6FN3S/c9-5-4-11-8(10)12-7(5)6-2-1-3-13-6/h1-4H,(H2,10,11,12). The van der Waals surface area contributed by atoms with Gasteiger partial charge in [0.1, 0.15) is 5.69 Å². The molecule has 66 valence electrons. The topological polar surface area (TPSA) is 51.8 Å². The zero-order chi connectivity index (χ0) is 9.26. The Morgan fingerprint density at radius 3 is 3.00 bits per heavy atom. The van der Waals surface area contributed by atoms with E-state index in [-0.39, 0.29) is 11.6 Å². The molecule has 0 saturated heterocycles. The van der Waals surface area contributed by atoms with Crippen LogP contribution in [0.3, 0.4) is 0 Å². The molecule has 0 aromatic carbocycles. The molecule has 0 radical (unpaired) electrons. The van der Waals surface area contributed by atoms with Crippen molar-refractivity contribution in [1.29, 1.82) is 0 Å². The molecule has 0 bridgehead atoms. The summed E-state index contributed by atoms with van der Waals surface area (Å²) < 4.78 is 13.2.